The molecular weight excluding hydrogens is 366 g/mol. The van der Waals surface area contributed by atoms with E-state index in [4.69, 9.17) is 9.72 Å². The maximum atomic E-state index is 12.9. The minimum atomic E-state index is -0.454. The summed E-state index contributed by atoms with van der Waals surface area (Å²) in [4.78, 5) is 24.0. The smallest absolute Gasteiger partial charge is 0.318 e. The molecule has 3 heterocycles. The number of hydrogen-bond acceptors (Lipinski definition) is 5. The van der Waals surface area contributed by atoms with E-state index in [-0.39, 0.29) is 6.03 Å². The third-order valence-electron chi connectivity index (χ3n) is 5.87. The van der Waals surface area contributed by atoms with Crippen LogP contribution in [0, 0.1) is 6.92 Å². The van der Waals surface area contributed by atoms with Gasteiger partial charge in [0.1, 0.15) is 0 Å². The first kappa shape index (κ1) is 19.6. The summed E-state index contributed by atoms with van der Waals surface area (Å²) in [7, 11) is 0. The summed E-state index contributed by atoms with van der Waals surface area (Å²) in [6.45, 7) is 8.66. The van der Waals surface area contributed by atoms with Crippen LogP contribution in [0.5, 0.6) is 0 Å². The summed E-state index contributed by atoms with van der Waals surface area (Å²) in [5.41, 5.74) is 3.75. The molecule has 0 unspecified atom stereocenters. The van der Waals surface area contributed by atoms with E-state index in [1.54, 1.807) is 0 Å². The Morgan fingerprint density at radius 1 is 1.24 bits per heavy atom. The number of hydrogen-bond donors (Lipinski definition) is 2. The number of nitrogens with zero attached hydrogens (tertiary/aromatic N) is 3. The molecule has 0 spiro atoms. The fourth-order valence-corrected chi connectivity index (χ4v) is 3.94. The van der Waals surface area contributed by atoms with Gasteiger partial charge in [-0.15, -0.1) is 0 Å². The first-order chi connectivity index (χ1) is 13.9. The van der Waals surface area contributed by atoms with Crippen LogP contribution in [0.2, 0.25) is 0 Å². The molecule has 2 N–H and O–H groups in total. The van der Waals surface area contributed by atoms with E-state index in [9.17, 15) is 4.79 Å². The molecule has 1 fully saturated rings. The number of carbonyl (C=O) groups is 1. The van der Waals surface area contributed by atoms with Gasteiger partial charge in [-0.1, -0.05) is 29.8 Å². The number of benzene rings is 1. The minimum Gasteiger partial charge on any atom is -0.381 e. The van der Waals surface area contributed by atoms with Crippen LogP contribution >= 0.6 is 0 Å². The van der Waals surface area contributed by atoms with Crippen LogP contribution in [-0.2, 0) is 23.4 Å². The van der Waals surface area contributed by atoms with E-state index in [1.807, 2.05) is 37.1 Å². The molecular formula is C22H29N5O2. The number of aryl methyl sites for hydroxylation is 1. The molecule has 0 bridgehead atoms. The van der Waals surface area contributed by atoms with Gasteiger partial charge in [0.2, 0.25) is 5.95 Å². The summed E-state index contributed by atoms with van der Waals surface area (Å²) in [6, 6.07) is 8.44. The maximum Gasteiger partial charge on any atom is 0.318 e. The Kier molecular flexibility index (Phi) is 5.41. The number of carbonyl (C=O) groups excluding carboxylic acids is 1. The normalized spacial score (nSPS) is 18.4. The van der Waals surface area contributed by atoms with Gasteiger partial charge in [0.25, 0.3) is 0 Å². The van der Waals surface area contributed by atoms with Gasteiger partial charge < -0.3 is 20.3 Å². The number of nitrogens with one attached hydrogen (secondary N) is 2. The van der Waals surface area contributed by atoms with Crippen molar-refractivity contribution < 1.29 is 9.53 Å². The number of amides is 2. The number of aromatic nitrogens is 2. The van der Waals surface area contributed by atoms with Gasteiger partial charge in [-0.05, 0) is 39.2 Å². The second kappa shape index (κ2) is 7.99. The van der Waals surface area contributed by atoms with Crippen LogP contribution in [0.4, 0.5) is 10.7 Å². The number of rotatable bonds is 4. The zero-order valence-corrected chi connectivity index (χ0v) is 17.4. The van der Waals surface area contributed by atoms with Crippen LogP contribution in [-0.4, -0.2) is 40.2 Å². The molecule has 2 aromatic rings. The minimum absolute atomic E-state index is 0.0903. The van der Waals surface area contributed by atoms with E-state index < -0.39 is 5.54 Å². The van der Waals surface area contributed by atoms with Crippen molar-refractivity contribution in [1.29, 1.82) is 0 Å². The molecule has 154 valence electrons. The second-order valence-electron chi connectivity index (χ2n) is 8.37. The molecule has 0 radical (unpaired) electrons. The lowest BCUT2D eigenvalue weighted by Gasteiger charge is -2.32. The summed E-state index contributed by atoms with van der Waals surface area (Å²) in [5, 5.41) is 6.45. The summed E-state index contributed by atoms with van der Waals surface area (Å²) < 4.78 is 5.41. The average molecular weight is 396 g/mol. The molecule has 0 saturated carbocycles. The van der Waals surface area contributed by atoms with Crippen molar-refractivity contribution in [3.63, 3.8) is 0 Å². The Balaban J connectivity index is 1.43. The summed E-state index contributed by atoms with van der Waals surface area (Å²) in [5.74, 6) is 0.633. The highest BCUT2D eigenvalue weighted by Crippen LogP contribution is 2.37. The van der Waals surface area contributed by atoms with Gasteiger partial charge in [-0.3, -0.25) is 0 Å². The third kappa shape index (κ3) is 4.19. The Morgan fingerprint density at radius 2 is 1.97 bits per heavy atom. The van der Waals surface area contributed by atoms with Crippen LogP contribution < -0.4 is 10.6 Å². The molecule has 0 atom stereocenters. The number of ether oxygens (including phenoxy) is 1. The van der Waals surface area contributed by atoms with Gasteiger partial charge >= 0.3 is 6.03 Å². The summed E-state index contributed by atoms with van der Waals surface area (Å²) in [6.07, 6.45) is 3.77. The Hall–Kier alpha value is -2.67. The van der Waals surface area contributed by atoms with E-state index in [2.05, 4.69) is 34.7 Å². The van der Waals surface area contributed by atoms with Crippen molar-refractivity contribution in [1.82, 2.24) is 20.2 Å². The lowest BCUT2D eigenvalue weighted by Crippen LogP contribution is -2.45. The van der Waals surface area contributed by atoms with E-state index in [0.29, 0.717) is 25.1 Å². The lowest BCUT2D eigenvalue weighted by atomic mass is 9.97. The topological polar surface area (TPSA) is 79.4 Å². The highest BCUT2D eigenvalue weighted by atomic mass is 16.5. The van der Waals surface area contributed by atoms with Crippen molar-refractivity contribution in [3.8, 4) is 0 Å². The first-order valence-electron chi connectivity index (χ1n) is 10.2. The number of urea groups is 1. The van der Waals surface area contributed by atoms with Crippen LogP contribution in [0.25, 0.3) is 0 Å². The van der Waals surface area contributed by atoms with Crippen molar-refractivity contribution >= 4 is 12.0 Å². The number of fused-ring (bicyclic) bond motifs is 1. The van der Waals surface area contributed by atoms with Crippen LogP contribution in [0.15, 0.2) is 30.5 Å². The van der Waals surface area contributed by atoms with E-state index >= 15 is 0 Å². The molecule has 2 aliphatic rings. The van der Waals surface area contributed by atoms with Gasteiger partial charge in [-0.2, -0.15) is 0 Å². The quantitative estimate of drug-likeness (QED) is 0.830. The zero-order chi connectivity index (χ0) is 20.4. The third-order valence-corrected chi connectivity index (χ3v) is 5.87. The predicted octanol–water partition coefficient (Wildman–Crippen LogP) is 3.34. The Bertz CT molecular complexity index is 875. The van der Waals surface area contributed by atoms with Crippen molar-refractivity contribution in [3.05, 3.63) is 52.8 Å². The van der Waals surface area contributed by atoms with Crippen molar-refractivity contribution in [2.75, 3.05) is 18.5 Å². The molecule has 1 aromatic carbocycles. The van der Waals surface area contributed by atoms with Gasteiger partial charge in [0, 0.05) is 37.6 Å². The molecule has 2 amide bonds. The van der Waals surface area contributed by atoms with E-state index in [0.717, 1.165) is 42.9 Å². The molecule has 2 aliphatic heterocycles. The highest BCUT2D eigenvalue weighted by molar-refractivity contribution is 5.76. The predicted molar refractivity (Wildman–Crippen MR) is 111 cm³/mol. The Morgan fingerprint density at radius 3 is 2.69 bits per heavy atom. The Labute approximate surface area is 171 Å². The average Bonchev–Trinajstić information content (AvgIpc) is 2.98. The maximum absolute atomic E-state index is 12.9. The standard InChI is InChI=1S/C22H29N5O2/c1-15-4-6-16(7-5-15)12-24-21(28)27-14-19-18(22(27,2)3)13-23-20(26-19)25-17-8-10-29-11-9-17/h4-7,13,17H,8-12,14H2,1-3H3,(H,24,28)(H,23,25,26). The van der Waals surface area contributed by atoms with Crippen LogP contribution in [0.3, 0.4) is 0 Å². The molecule has 7 nitrogen and oxygen atoms in total. The van der Waals surface area contributed by atoms with E-state index in [1.165, 1.54) is 5.56 Å². The van der Waals surface area contributed by atoms with Crippen LogP contribution in [0.1, 0.15) is 49.1 Å². The molecule has 7 heteroatoms. The highest BCUT2D eigenvalue weighted by Gasteiger charge is 2.41. The summed E-state index contributed by atoms with van der Waals surface area (Å²) >= 11 is 0. The van der Waals surface area contributed by atoms with Gasteiger partial charge in [0.05, 0.1) is 17.8 Å². The SMILES string of the molecule is Cc1ccc(CNC(=O)N2Cc3nc(NC4CCOCC4)ncc3C2(C)C)cc1. The molecule has 1 aromatic heterocycles. The monoisotopic (exact) mass is 395 g/mol. The van der Waals surface area contributed by atoms with Crippen molar-refractivity contribution in [2.45, 2.75) is 58.3 Å². The van der Waals surface area contributed by atoms with Crippen molar-refractivity contribution in [2.24, 2.45) is 0 Å². The zero-order valence-electron chi connectivity index (χ0n) is 17.4. The van der Waals surface area contributed by atoms with Gasteiger partial charge in [0.15, 0.2) is 0 Å². The molecule has 1 saturated heterocycles. The fourth-order valence-electron chi connectivity index (χ4n) is 3.94. The second-order valence-corrected chi connectivity index (χ2v) is 8.37. The largest absolute Gasteiger partial charge is 0.381 e. The molecule has 0 aliphatic carbocycles. The number of anilines is 1. The van der Waals surface area contributed by atoms with Gasteiger partial charge in [-0.25, -0.2) is 14.8 Å². The molecule has 29 heavy (non-hydrogen) atoms. The molecule has 4 rings (SSSR count). The first-order valence-corrected chi connectivity index (χ1v) is 10.2. The fraction of sp³-hybridized carbons (Fsp3) is 0.500. The lowest BCUT2D eigenvalue weighted by molar-refractivity contribution is 0.0903.